The van der Waals surface area contributed by atoms with Gasteiger partial charge < -0.3 is 14.5 Å². The molecule has 1 aromatic carbocycles. The summed E-state index contributed by atoms with van der Waals surface area (Å²) in [7, 11) is 0. The van der Waals surface area contributed by atoms with Gasteiger partial charge >= 0.3 is 0 Å². The van der Waals surface area contributed by atoms with Crippen molar-refractivity contribution >= 4 is 23.3 Å². The van der Waals surface area contributed by atoms with Crippen LogP contribution in [0.25, 0.3) is 0 Å². The fourth-order valence-electron chi connectivity index (χ4n) is 4.11. The first kappa shape index (κ1) is 19.2. The van der Waals surface area contributed by atoms with Crippen molar-refractivity contribution in [3.63, 3.8) is 0 Å². The van der Waals surface area contributed by atoms with E-state index in [1.165, 1.54) is 0 Å². The van der Waals surface area contributed by atoms with Crippen LogP contribution in [0.3, 0.4) is 0 Å². The number of aryl methyl sites for hydroxylation is 1. The topological polar surface area (TPSA) is 58.6 Å². The van der Waals surface area contributed by atoms with Crippen molar-refractivity contribution in [3.05, 3.63) is 51.9 Å². The van der Waals surface area contributed by atoms with Gasteiger partial charge in [0.25, 0.3) is 5.91 Å². The summed E-state index contributed by atoms with van der Waals surface area (Å²) in [6.45, 7) is 8.82. The van der Waals surface area contributed by atoms with Crippen LogP contribution in [0, 0.1) is 6.92 Å². The number of ether oxygens (including phenoxy) is 1. The fourth-order valence-corrected chi connectivity index (χ4v) is 4.30. The molecule has 2 aliphatic rings. The molecular formula is C21H25ClN4O2. The lowest BCUT2D eigenvalue weighted by atomic mass is 10.0. The van der Waals surface area contributed by atoms with Gasteiger partial charge in [-0.1, -0.05) is 17.7 Å². The summed E-state index contributed by atoms with van der Waals surface area (Å²) in [5, 5.41) is 0.569. The number of aromatic nitrogens is 2. The summed E-state index contributed by atoms with van der Waals surface area (Å²) in [5.41, 5.74) is 2.71. The smallest absolute Gasteiger partial charge is 0.254 e. The van der Waals surface area contributed by atoms with Crippen LogP contribution in [0.15, 0.2) is 24.3 Å². The molecule has 3 heterocycles. The minimum Gasteiger partial charge on any atom is -0.372 e. The lowest BCUT2D eigenvalue weighted by Crippen LogP contribution is -2.47. The third-order valence-electron chi connectivity index (χ3n) is 5.23. The maximum atomic E-state index is 13.0. The molecule has 0 spiro atoms. The number of hydrogen-bond donors (Lipinski definition) is 0. The van der Waals surface area contributed by atoms with Crippen molar-refractivity contribution in [2.75, 3.05) is 24.5 Å². The van der Waals surface area contributed by atoms with Crippen molar-refractivity contribution in [2.24, 2.45) is 0 Å². The summed E-state index contributed by atoms with van der Waals surface area (Å²) in [4.78, 5) is 26.6. The molecular weight excluding hydrogens is 376 g/mol. The Morgan fingerprint density at radius 2 is 1.96 bits per heavy atom. The van der Waals surface area contributed by atoms with Crippen molar-refractivity contribution in [3.8, 4) is 0 Å². The second-order valence-electron chi connectivity index (χ2n) is 7.67. The third-order valence-corrected chi connectivity index (χ3v) is 5.46. The highest BCUT2D eigenvalue weighted by Gasteiger charge is 2.30. The molecule has 4 rings (SSSR count). The molecule has 0 aliphatic carbocycles. The van der Waals surface area contributed by atoms with E-state index >= 15 is 0 Å². The molecule has 1 saturated heterocycles. The Morgan fingerprint density at radius 3 is 2.68 bits per heavy atom. The molecule has 6 nitrogen and oxygen atoms in total. The maximum absolute atomic E-state index is 13.0. The number of anilines is 1. The predicted octanol–water partition coefficient (Wildman–Crippen LogP) is 3.25. The van der Waals surface area contributed by atoms with Gasteiger partial charge in [0.2, 0.25) is 0 Å². The molecule has 7 heteroatoms. The van der Waals surface area contributed by atoms with E-state index in [0.29, 0.717) is 23.7 Å². The largest absolute Gasteiger partial charge is 0.372 e. The number of carbonyl (C=O) groups excluding carboxylic acids is 1. The molecule has 0 radical (unpaired) electrons. The molecule has 0 bridgehead atoms. The standard InChI is InChI=1S/C21H25ClN4O2/c1-13-10-26(11-14(2)28-13)20-18-12-25(8-7-19(18)23-15(3)24-20)21(27)16-5-4-6-17(22)9-16/h4-6,9,13-14H,7-8,10-12H2,1-3H3/t13-,14+. The molecule has 2 aliphatic heterocycles. The highest BCUT2D eigenvalue weighted by Crippen LogP contribution is 2.29. The quantitative estimate of drug-likeness (QED) is 0.774. The van der Waals surface area contributed by atoms with Gasteiger partial charge in [-0.3, -0.25) is 4.79 Å². The SMILES string of the molecule is Cc1nc2c(c(N3C[C@@H](C)O[C@@H](C)C3)n1)CN(C(=O)c1cccc(Cl)c1)CC2. The lowest BCUT2D eigenvalue weighted by molar-refractivity contribution is -0.00560. The Bertz CT molecular complexity index is 894. The molecule has 2 aromatic rings. The van der Waals surface area contributed by atoms with Crippen LogP contribution in [0.5, 0.6) is 0 Å². The Kier molecular flexibility index (Phi) is 5.25. The van der Waals surface area contributed by atoms with Gasteiger partial charge in [-0.25, -0.2) is 9.97 Å². The molecule has 0 saturated carbocycles. The van der Waals surface area contributed by atoms with Crippen LogP contribution in [0.1, 0.15) is 41.3 Å². The van der Waals surface area contributed by atoms with Gasteiger partial charge in [-0.05, 0) is 39.0 Å². The number of morpholine rings is 1. The van der Waals surface area contributed by atoms with E-state index in [1.54, 1.807) is 12.1 Å². The van der Waals surface area contributed by atoms with Gasteiger partial charge in [0.1, 0.15) is 11.6 Å². The van der Waals surface area contributed by atoms with Crippen LogP contribution < -0.4 is 4.90 Å². The Morgan fingerprint density at radius 1 is 1.21 bits per heavy atom. The normalized spacial score (nSPS) is 22.1. The molecule has 1 amide bonds. The second kappa shape index (κ2) is 7.68. The molecule has 1 aromatic heterocycles. The van der Waals surface area contributed by atoms with Crippen LogP contribution in [0.2, 0.25) is 5.02 Å². The number of hydrogen-bond acceptors (Lipinski definition) is 5. The van der Waals surface area contributed by atoms with E-state index in [0.717, 1.165) is 42.4 Å². The molecule has 0 unspecified atom stereocenters. The Labute approximate surface area is 170 Å². The number of fused-ring (bicyclic) bond motifs is 1. The van der Waals surface area contributed by atoms with Gasteiger partial charge in [0, 0.05) is 42.2 Å². The zero-order valence-corrected chi connectivity index (χ0v) is 17.2. The Hall–Kier alpha value is -2.18. The molecule has 148 valence electrons. The second-order valence-corrected chi connectivity index (χ2v) is 8.11. The Balaban J connectivity index is 1.65. The van der Waals surface area contributed by atoms with E-state index in [4.69, 9.17) is 21.3 Å². The van der Waals surface area contributed by atoms with Crippen molar-refractivity contribution in [1.82, 2.24) is 14.9 Å². The van der Waals surface area contributed by atoms with E-state index in [-0.39, 0.29) is 18.1 Å². The summed E-state index contributed by atoms with van der Waals surface area (Å²) >= 11 is 6.07. The molecule has 2 atom stereocenters. The molecule has 0 N–H and O–H groups in total. The maximum Gasteiger partial charge on any atom is 0.254 e. The van der Waals surface area contributed by atoms with E-state index in [2.05, 4.69) is 23.7 Å². The average Bonchev–Trinajstić information content (AvgIpc) is 2.65. The monoisotopic (exact) mass is 400 g/mol. The summed E-state index contributed by atoms with van der Waals surface area (Å²) in [6.07, 6.45) is 1.01. The van der Waals surface area contributed by atoms with Crippen LogP contribution in [-0.4, -0.2) is 52.6 Å². The zero-order valence-electron chi connectivity index (χ0n) is 16.5. The van der Waals surface area contributed by atoms with Crippen LogP contribution >= 0.6 is 11.6 Å². The van der Waals surface area contributed by atoms with Crippen molar-refractivity contribution in [1.29, 1.82) is 0 Å². The summed E-state index contributed by atoms with van der Waals surface area (Å²) in [5.74, 6) is 1.70. The highest BCUT2D eigenvalue weighted by atomic mass is 35.5. The third kappa shape index (κ3) is 3.84. The fraction of sp³-hybridized carbons (Fsp3) is 0.476. The first-order chi connectivity index (χ1) is 13.4. The lowest BCUT2D eigenvalue weighted by Gasteiger charge is -2.38. The van der Waals surface area contributed by atoms with E-state index < -0.39 is 0 Å². The van der Waals surface area contributed by atoms with Gasteiger partial charge in [-0.15, -0.1) is 0 Å². The van der Waals surface area contributed by atoms with Crippen molar-refractivity contribution < 1.29 is 9.53 Å². The molecule has 28 heavy (non-hydrogen) atoms. The minimum atomic E-state index is -0.0108. The number of rotatable bonds is 2. The van der Waals surface area contributed by atoms with Gasteiger partial charge in [-0.2, -0.15) is 0 Å². The number of nitrogens with zero attached hydrogens (tertiary/aromatic N) is 4. The first-order valence-corrected chi connectivity index (χ1v) is 10.1. The zero-order chi connectivity index (χ0) is 19.8. The van der Waals surface area contributed by atoms with Gasteiger partial charge in [0.05, 0.1) is 24.4 Å². The average molecular weight is 401 g/mol. The van der Waals surface area contributed by atoms with E-state index in [1.807, 2.05) is 24.0 Å². The summed E-state index contributed by atoms with van der Waals surface area (Å²) in [6, 6.07) is 7.11. The van der Waals surface area contributed by atoms with Gasteiger partial charge in [0.15, 0.2) is 0 Å². The number of amides is 1. The first-order valence-electron chi connectivity index (χ1n) is 9.72. The van der Waals surface area contributed by atoms with E-state index in [9.17, 15) is 4.79 Å². The number of halogens is 1. The van der Waals surface area contributed by atoms with Crippen LogP contribution in [-0.2, 0) is 17.7 Å². The summed E-state index contributed by atoms with van der Waals surface area (Å²) < 4.78 is 5.88. The van der Waals surface area contributed by atoms with Crippen molar-refractivity contribution in [2.45, 2.75) is 45.9 Å². The minimum absolute atomic E-state index is 0.0108. The number of benzene rings is 1. The predicted molar refractivity (Wildman–Crippen MR) is 109 cm³/mol. The molecule has 1 fully saturated rings. The highest BCUT2D eigenvalue weighted by molar-refractivity contribution is 6.30. The van der Waals surface area contributed by atoms with Crippen LogP contribution in [0.4, 0.5) is 5.82 Å². The number of carbonyl (C=O) groups is 1.